The fourth-order valence-corrected chi connectivity index (χ4v) is 7.75. The van der Waals surface area contributed by atoms with Crippen molar-refractivity contribution in [3.05, 3.63) is 0 Å². The number of unbranched alkanes of at least 4 members (excludes halogenated alkanes) is 2. The van der Waals surface area contributed by atoms with Crippen molar-refractivity contribution < 1.29 is 104 Å². The SMILES string of the molecule is O=C(O)CN1CCN(CCCCCN2CCN(S(=O)(=O)C(F)(F)C(F)(F)C(F)(F)C(F)C(F)(F)C(F)C(F)(F)C(F)(F)F)CC2)CCN(CC(=O)O)CCN(CC(=O)O)CC1. The van der Waals surface area contributed by atoms with Gasteiger partial charge in [0.15, 0.2) is 0 Å². The van der Waals surface area contributed by atoms with E-state index in [-0.39, 0.29) is 65.4 Å². The largest absolute Gasteiger partial charge is 0.480 e. The number of nitrogens with zero attached hydrogens (tertiary/aromatic N) is 6. The van der Waals surface area contributed by atoms with Gasteiger partial charge in [0.2, 0.25) is 12.3 Å². The van der Waals surface area contributed by atoms with Crippen molar-refractivity contribution in [3.63, 3.8) is 0 Å². The van der Waals surface area contributed by atoms with Crippen molar-refractivity contribution in [1.82, 2.24) is 28.8 Å². The average Bonchev–Trinajstić information content (AvgIpc) is 3.13. The Morgan fingerprint density at radius 2 is 0.770 bits per heavy atom. The van der Waals surface area contributed by atoms with E-state index in [0.717, 1.165) is 0 Å². The summed E-state index contributed by atoms with van der Waals surface area (Å²) in [4.78, 5) is 42.4. The van der Waals surface area contributed by atoms with Crippen LogP contribution in [0.3, 0.4) is 0 Å². The van der Waals surface area contributed by atoms with Crippen LogP contribution in [-0.2, 0) is 24.4 Å². The minimum Gasteiger partial charge on any atom is -0.480 e. The first kappa shape index (κ1) is 54.2. The zero-order valence-corrected chi connectivity index (χ0v) is 32.8. The number of sulfonamides is 1. The van der Waals surface area contributed by atoms with E-state index in [4.69, 9.17) is 0 Å². The van der Waals surface area contributed by atoms with E-state index in [0.29, 0.717) is 38.9 Å². The molecule has 3 N–H and O–H groups in total. The quantitative estimate of drug-likeness (QED) is 0.121. The fourth-order valence-electron chi connectivity index (χ4n) is 6.32. The van der Waals surface area contributed by atoms with Crippen LogP contribution in [0.4, 0.5) is 65.9 Å². The Bertz CT molecular complexity index is 1540. The second kappa shape index (κ2) is 21.2. The van der Waals surface area contributed by atoms with Crippen LogP contribution >= 0.6 is 0 Å². The molecule has 2 heterocycles. The van der Waals surface area contributed by atoms with E-state index >= 15 is 0 Å². The van der Waals surface area contributed by atoms with Gasteiger partial charge in [-0.1, -0.05) is 6.42 Å². The molecule has 0 aromatic heterocycles. The van der Waals surface area contributed by atoms with Crippen molar-refractivity contribution in [1.29, 1.82) is 0 Å². The maximum Gasteiger partial charge on any atom is 0.456 e. The lowest BCUT2D eigenvalue weighted by atomic mass is 9.95. The predicted molar refractivity (Wildman–Crippen MR) is 180 cm³/mol. The molecule has 2 rings (SSSR count). The summed E-state index contributed by atoms with van der Waals surface area (Å²) >= 11 is 0. The van der Waals surface area contributed by atoms with Gasteiger partial charge in [-0.05, 0) is 25.9 Å². The second-order valence-electron chi connectivity index (χ2n) is 14.4. The fraction of sp³-hybridized carbons (Fsp3) is 0.903. The lowest BCUT2D eigenvalue weighted by Crippen LogP contribution is -2.69. The molecular weight excluding hydrogens is 901 g/mol. The molecule has 0 radical (unpaired) electrons. The van der Waals surface area contributed by atoms with Crippen LogP contribution in [0.1, 0.15) is 19.3 Å². The molecule has 14 nitrogen and oxygen atoms in total. The van der Waals surface area contributed by atoms with Gasteiger partial charge < -0.3 is 25.1 Å². The molecule has 30 heteroatoms. The first-order valence-electron chi connectivity index (χ1n) is 18.2. The molecule has 0 bridgehead atoms. The molecule has 0 aromatic rings. The zero-order chi connectivity index (χ0) is 47.0. The van der Waals surface area contributed by atoms with Crippen LogP contribution in [-0.4, -0.2) is 229 Å². The molecule has 0 amide bonds. The lowest BCUT2D eigenvalue weighted by molar-refractivity contribution is -0.360. The number of rotatable bonds is 20. The minimum absolute atomic E-state index is 0.121. The van der Waals surface area contributed by atoms with Crippen LogP contribution in [0.5, 0.6) is 0 Å². The summed E-state index contributed by atoms with van der Waals surface area (Å²) in [5.74, 6) is -33.7. The molecule has 2 aliphatic rings. The third kappa shape index (κ3) is 13.5. The highest BCUT2D eigenvalue weighted by Gasteiger charge is 2.85. The Hall–Kier alpha value is -2.93. The molecule has 0 aliphatic carbocycles. The molecule has 0 spiro atoms. The normalized spacial score (nSPS) is 20.8. The summed E-state index contributed by atoms with van der Waals surface area (Å²) in [5.41, 5.74) is 0. The number of carboxylic acid groups (broad SMARTS) is 3. The van der Waals surface area contributed by atoms with Gasteiger partial charge in [0.25, 0.3) is 10.0 Å². The summed E-state index contributed by atoms with van der Waals surface area (Å²) < 4.78 is 230. The molecule has 2 aliphatic heterocycles. The van der Waals surface area contributed by atoms with Crippen molar-refractivity contribution in [2.24, 2.45) is 0 Å². The third-order valence-corrected chi connectivity index (χ3v) is 11.9. The number of aliphatic carboxylic acids is 3. The Balaban J connectivity index is 2.03. The number of hydrogen-bond donors (Lipinski definition) is 3. The zero-order valence-electron chi connectivity index (χ0n) is 31.9. The molecule has 0 aromatic carbocycles. The van der Waals surface area contributed by atoms with Gasteiger partial charge in [-0.3, -0.25) is 29.1 Å². The average molecular weight is 947 g/mol. The highest BCUT2D eigenvalue weighted by atomic mass is 32.2. The van der Waals surface area contributed by atoms with E-state index in [2.05, 4.69) is 0 Å². The van der Waals surface area contributed by atoms with Crippen molar-refractivity contribution >= 4 is 27.9 Å². The van der Waals surface area contributed by atoms with E-state index in [1.807, 2.05) is 4.90 Å². The molecule has 61 heavy (non-hydrogen) atoms. The molecule has 2 unspecified atom stereocenters. The Kier molecular flexibility index (Phi) is 18.8. The lowest BCUT2D eigenvalue weighted by Gasteiger charge is -2.40. The van der Waals surface area contributed by atoms with Gasteiger partial charge in [0, 0.05) is 78.5 Å². The summed E-state index contributed by atoms with van der Waals surface area (Å²) in [7, 11) is -7.06. The summed E-state index contributed by atoms with van der Waals surface area (Å²) in [6.07, 6.45) is -18.9. The summed E-state index contributed by atoms with van der Waals surface area (Å²) in [6.45, 7) is -1.94. The van der Waals surface area contributed by atoms with Crippen LogP contribution in [0.25, 0.3) is 0 Å². The number of halogens is 15. The standard InChI is InChI=1S/C31H45F15N6O8S/c32-24(26(34,35)25(33)28(38,39)30(42,43)44)27(36,37)29(40,41)31(45,46)61(59,60)52-16-14-48(15-17-52)5-3-1-2-4-47-6-8-49(18-21(53)54)10-12-51(20-23(57)58)13-11-50(9-7-47)19-22(55)56/h24-25H,1-20H2,(H,53,54)(H,55,56)(H,57,58). The van der Waals surface area contributed by atoms with E-state index in [1.165, 1.54) is 4.90 Å². The maximum absolute atomic E-state index is 14.7. The van der Waals surface area contributed by atoms with Gasteiger partial charge in [-0.15, -0.1) is 0 Å². The summed E-state index contributed by atoms with van der Waals surface area (Å²) in [6, 6.07) is 0. The molecule has 2 saturated heterocycles. The van der Waals surface area contributed by atoms with Gasteiger partial charge in [-0.25, -0.2) is 17.2 Å². The number of carboxylic acids is 3. The minimum atomic E-state index is -7.78. The molecule has 2 atom stereocenters. The van der Waals surface area contributed by atoms with Crippen molar-refractivity contribution in [2.45, 2.75) is 66.7 Å². The van der Waals surface area contributed by atoms with Crippen LogP contribution in [0, 0.1) is 0 Å². The first-order valence-corrected chi connectivity index (χ1v) is 19.7. The maximum atomic E-state index is 14.7. The third-order valence-electron chi connectivity index (χ3n) is 9.92. The van der Waals surface area contributed by atoms with Gasteiger partial charge in [0.05, 0.1) is 19.6 Å². The van der Waals surface area contributed by atoms with Gasteiger partial charge >= 0.3 is 53.0 Å². The highest BCUT2D eigenvalue weighted by Crippen LogP contribution is 2.56. The Labute approximate surface area is 338 Å². The summed E-state index contributed by atoms with van der Waals surface area (Å²) in [5, 5.41) is 20.8. The topological polar surface area (TPSA) is 165 Å². The number of alkyl halides is 15. The number of carbonyl (C=O) groups is 3. The smallest absolute Gasteiger partial charge is 0.456 e. The Morgan fingerprint density at radius 1 is 0.475 bits per heavy atom. The first-order chi connectivity index (χ1) is 27.7. The van der Waals surface area contributed by atoms with Crippen LogP contribution < -0.4 is 0 Å². The monoisotopic (exact) mass is 946 g/mol. The number of piperazine rings is 1. The van der Waals surface area contributed by atoms with E-state index in [1.54, 1.807) is 14.7 Å². The van der Waals surface area contributed by atoms with Crippen LogP contribution in [0.15, 0.2) is 0 Å². The number of hydrogen-bond acceptors (Lipinski definition) is 10. The van der Waals surface area contributed by atoms with Gasteiger partial charge in [-0.2, -0.15) is 61.4 Å². The van der Waals surface area contributed by atoms with E-state index < -0.39 is 106 Å². The second-order valence-corrected chi connectivity index (χ2v) is 16.4. The molecular formula is C31H45F15N6O8S. The van der Waals surface area contributed by atoms with Crippen LogP contribution in [0.2, 0.25) is 0 Å². The molecule has 0 saturated carbocycles. The predicted octanol–water partition coefficient (Wildman–Crippen LogP) is 2.95. The molecule has 2 fully saturated rings. The Morgan fingerprint density at radius 3 is 1.08 bits per heavy atom. The van der Waals surface area contributed by atoms with E-state index in [9.17, 15) is 104 Å². The van der Waals surface area contributed by atoms with Crippen molar-refractivity contribution in [3.8, 4) is 0 Å². The van der Waals surface area contributed by atoms with Gasteiger partial charge in [0.1, 0.15) is 0 Å². The highest BCUT2D eigenvalue weighted by molar-refractivity contribution is 7.90. The van der Waals surface area contributed by atoms with Crippen molar-refractivity contribution in [2.75, 3.05) is 111 Å². The molecule has 358 valence electrons.